The van der Waals surface area contributed by atoms with E-state index in [1.807, 2.05) is 25.7 Å². The molecule has 0 fully saturated rings. The second kappa shape index (κ2) is 10.6. The minimum atomic E-state index is -4.40. The highest BCUT2D eigenvalue weighted by Crippen LogP contribution is 2.30. The van der Waals surface area contributed by atoms with Crippen molar-refractivity contribution in [2.75, 3.05) is 0 Å². The molecule has 2 aromatic heterocycles. The predicted molar refractivity (Wildman–Crippen MR) is 117 cm³/mol. The van der Waals surface area contributed by atoms with Crippen molar-refractivity contribution < 1.29 is 22.4 Å². The van der Waals surface area contributed by atoms with Gasteiger partial charge in [0.1, 0.15) is 6.26 Å². The fourth-order valence-electron chi connectivity index (χ4n) is 3.28. The molecule has 3 aromatic rings. The zero-order chi connectivity index (χ0) is 24.0. The number of aromatic nitrogens is 2. The van der Waals surface area contributed by atoms with E-state index in [0.717, 1.165) is 17.7 Å². The molecule has 0 saturated heterocycles. The van der Waals surface area contributed by atoms with Crippen molar-refractivity contribution in [2.24, 2.45) is 5.92 Å². The molecule has 9 heteroatoms. The highest BCUT2D eigenvalue weighted by Gasteiger charge is 2.30. The maximum absolute atomic E-state index is 13.1. The number of nitrogens with one attached hydrogen (secondary N) is 1. The Hall–Kier alpha value is -3.20. The van der Waals surface area contributed by atoms with Crippen molar-refractivity contribution in [3.63, 3.8) is 0 Å². The Labute approximate surface area is 190 Å². The summed E-state index contributed by atoms with van der Waals surface area (Å²) >= 11 is 0. The van der Waals surface area contributed by atoms with E-state index < -0.39 is 11.7 Å². The Kier molecular flexibility index (Phi) is 7.86. The van der Waals surface area contributed by atoms with Gasteiger partial charge in [0.15, 0.2) is 5.69 Å². The van der Waals surface area contributed by atoms with Crippen LogP contribution in [0.4, 0.5) is 13.2 Å². The van der Waals surface area contributed by atoms with Crippen molar-refractivity contribution in [2.45, 2.75) is 52.6 Å². The number of hydrogen-bond donors (Lipinski definition) is 1. The summed E-state index contributed by atoms with van der Waals surface area (Å²) < 4.78 is 44.8. The molecule has 1 N–H and O–H groups in total. The lowest BCUT2D eigenvalue weighted by Crippen LogP contribution is -2.36. The highest BCUT2D eigenvalue weighted by molar-refractivity contribution is 5.91. The minimum Gasteiger partial charge on any atom is -0.447 e. The first-order chi connectivity index (χ1) is 15.6. The van der Waals surface area contributed by atoms with Crippen LogP contribution in [0, 0.1) is 5.92 Å². The van der Waals surface area contributed by atoms with Crippen LogP contribution in [-0.2, 0) is 25.8 Å². The Morgan fingerprint density at radius 2 is 1.82 bits per heavy atom. The Balaban J connectivity index is 1.70. The Morgan fingerprint density at radius 3 is 2.48 bits per heavy atom. The first-order valence-corrected chi connectivity index (χ1v) is 10.6. The molecular formula is C24H27F3N4O2. The quantitative estimate of drug-likeness (QED) is 0.483. The molecule has 0 spiro atoms. The van der Waals surface area contributed by atoms with E-state index in [1.54, 1.807) is 30.6 Å². The van der Waals surface area contributed by atoms with Gasteiger partial charge in [0.05, 0.1) is 12.1 Å². The van der Waals surface area contributed by atoms with Gasteiger partial charge in [-0.25, -0.2) is 4.98 Å². The summed E-state index contributed by atoms with van der Waals surface area (Å²) in [4.78, 5) is 22.6. The molecule has 0 aliphatic heterocycles. The van der Waals surface area contributed by atoms with E-state index in [9.17, 15) is 18.0 Å². The van der Waals surface area contributed by atoms with Gasteiger partial charge in [0, 0.05) is 31.5 Å². The van der Waals surface area contributed by atoms with Gasteiger partial charge in [-0.15, -0.1) is 0 Å². The molecule has 0 saturated carbocycles. The van der Waals surface area contributed by atoms with Gasteiger partial charge in [0.25, 0.3) is 5.91 Å². The fraction of sp³-hybridized carbons (Fsp3) is 0.375. The molecule has 1 amide bonds. The second-order valence-electron chi connectivity index (χ2n) is 8.25. The summed E-state index contributed by atoms with van der Waals surface area (Å²) in [5.74, 6) is 0.195. The van der Waals surface area contributed by atoms with Gasteiger partial charge < -0.3 is 9.73 Å². The van der Waals surface area contributed by atoms with E-state index in [0.29, 0.717) is 18.0 Å². The van der Waals surface area contributed by atoms with Crippen molar-refractivity contribution in [3.8, 4) is 0 Å². The Morgan fingerprint density at radius 1 is 1.09 bits per heavy atom. The third kappa shape index (κ3) is 6.89. The summed E-state index contributed by atoms with van der Waals surface area (Å²) in [5, 5.41) is 2.77. The van der Waals surface area contributed by atoms with Gasteiger partial charge in [-0.3, -0.25) is 14.7 Å². The number of oxazole rings is 1. The number of rotatable bonds is 9. The first-order valence-electron chi connectivity index (χ1n) is 10.6. The molecular weight excluding hydrogens is 433 g/mol. The van der Waals surface area contributed by atoms with Crippen LogP contribution < -0.4 is 5.32 Å². The number of benzene rings is 1. The number of hydrogen-bond acceptors (Lipinski definition) is 5. The third-order valence-electron chi connectivity index (χ3n) is 5.51. The van der Waals surface area contributed by atoms with E-state index in [2.05, 4.69) is 15.3 Å². The van der Waals surface area contributed by atoms with E-state index in [1.165, 1.54) is 12.3 Å². The topological polar surface area (TPSA) is 71.3 Å². The van der Waals surface area contributed by atoms with Crippen LogP contribution in [0.5, 0.6) is 0 Å². The van der Waals surface area contributed by atoms with Crippen LogP contribution in [0.15, 0.2) is 59.5 Å². The molecule has 1 atom stereocenters. The molecule has 0 aliphatic rings. The largest absolute Gasteiger partial charge is 0.447 e. The van der Waals surface area contributed by atoms with Crippen LogP contribution in [-0.4, -0.2) is 26.8 Å². The number of amides is 1. The van der Waals surface area contributed by atoms with Crippen molar-refractivity contribution in [3.05, 3.63) is 83.3 Å². The molecule has 176 valence electrons. The molecule has 6 nitrogen and oxygen atoms in total. The molecule has 33 heavy (non-hydrogen) atoms. The van der Waals surface area contributed by atoms with Gasteiger partial charge in [0.2, 0.25) is 5.89 Å². The third-order valence-corrected chi connectivity index (χ3v) is 5.51. The predicted octanol–water partition coefficient (Wildman–Crippen LogP) is 5.07. The van der Waals surface area contributed by atoms with Gasteiger partial charge in [-0.05, 0) is 42.2 Å². The standard InChI is InChI=1S/C24H27F3N4O2/c1-16(2)17(3)31(13-19-5-4-6-20(11-19)24(25,26)27)14-22-30-21(15-33-22)23(32)29-12-18-7-9-28-10-8-18/h4-11,15-17H,12-14H2,1-3H3,(H,29,32)/t17-/m0/s1. The van der Waals surface area contributed by atoms with E-state index in [4.69, 9.17) is 4.42 Å². The summed E-state index contributed by atoms with van der Waals surface area (Å²) in [7, 11) is 0. The highest BCUT2D eigenvalue weighted by atomic mass is 19.4. The second-order valence-corrected chi connectivity index (χ2v) is 8.25. The maximum atomic E-state index is 13.1. The number of pyridine rings is 1. The zero-order valence-corrected chi connectivity index (χ0v) is 18.8. The number of nitrogens with zero attached hydrogens (tertiary/aromatic N) is 3. The number of carbonyl (C=O) groups excluding carboxylic acids is 1. The molecule has 2 heterocycles. The average molecular weight is 461 g/mol. The SMILES string of the molecule is CC(C)[C@H](C)N(Cc1cccc(C(F)(F)F)c1)Cc1nc(C(=O)NCc2ccncc2)co1. The van der Waals surface area contributed by atoms with Crippen LogP contribution in [0.3, 0.4) is 0 Å². The maximum Gasteiger partial charge on any atom is 0.416 e. The molecule has 1 aromatic carbocycles. The normalized spacial score (nSPS) is 12.8. The fourth-order valence-corrected chi connectivity index (χ4v) is 3.28. The summed E-state index contributed by atoms with van der Waals surface area (Å²) in [6.07, 6.45) is 0.181. The van der Waals surface area contributed by atoms with Crippen LogP contribution >= 0.6 is 0 Å². The first kappa shape index (κ1) is 24.4. The number of carbonyl (C=O) groups is 1. The molecule has 0 aliphatic carbocycles. The van der Waals surface area contributed by atoms with Crippen molar-refractivity contribution >= 4 is 5.91 Å². The van der Waals surface area contributed by atoms with Gasteiger partial charge >= 0.3 is 6.18 Å². The van der Waals surface area contributed by atoms with Gasteiger partial charge in [-0.1, -0.05) is 32.0 Å². The van der Waals surface area contributed by atoms with E-state index >= 15 is 0 Å². The molecule has 0 radical (unpaired) electrons. The van der Waals surface area contributed by atoms with Crippen LogP contribution in [0.25, 0.3) is 0 Å². The minimum absolute atomic E-state index is 0.0374. The summed E-state index contributed by atoms with van der Waals surface area (Å²) in [6.45, 7) is 6.95. The Bertz CT molecular complexity index is 1050. The van der Waals surface area contributed by atoms with Gasteiger partial charge in [-0.2, -0.15) is 13.2 Å². The zero-order valence-electron chi connectivity index (χ0n) is 18.8. The van der Waals surface area contributed by atoms with Crippen molar-refractivity contribution in [1.82, 2.24) is 20.2 Å². The number of alkyl halides is 3. The number of halogens is 3. The lowest BCUT2D eigenvalue weighted by molar-refractivity contribution is -0.137. The smallest absolute Gasteiger partial charge is 0.416 e. The lowest BCUT2D eigenvalue weighted by Gasteiger charge is -2.31. The monoisotopic (exact) mass is 460 g/mol. The molecule has 3 rings (SSSR count). The summed E-state index contributed by atoms with van der Waals surface area (Å²) in [5.41, 5.74) is 0.913. The molecule has 0 unspecified atom stereocenters. The van der Waals surface area contributed by atoms with E-state index in [-0.39, 0.29) is 36.7 Å². The average Bonchev–Trinajstić information content (AvgIpc) is 3.25. The lowest BCUT2D eigenvalue weighted by atomic mass is 10.0. The summed E-state index contributed by atoms with van der Waals surface area (Å²) in [6, 6.07) is 8.93. The van der Waals surface area contributed by atoms with Crippen molar-refractivity contribution in [1.29, 1.82) is 0 Å². The molecule has 0 bridgehead atoms. The van der Waals surface area contributed by atoms with Crippen LogP contribution in [0.2, 0.25) is 0 Å². The van der Waals surface area contributed by atoms with Crippen LogP contribution in [0.1, 0.15) is 53.8 Å².